The lowest BCUT2D eigenvalue weighted by atomic mass is 10.0. The van der Waals surface area contributed by atoms with Gasteiger partial charge in [-0.2, -0.15) is 0 Å². The van der Waals surface area contributed by atoms with Gasteiger partial charge in [-0.15, -0.1) is 0 Å². The monoisotopic (exact) mass is 372 g/mol. The second kappa shape index (κ2) is 6.11. The van der Waals surface area contributed by atoms with E-state index < -0.39 is 5.72 Å². The average molecular weight is 372 g/mol. The van der Waals surface area contributed by atoms with E-state index in [9.17, 15) is 4.79 Å². The summed E-state index contributed by atoms with van der Waals surface area (Å²) < 4.78 is 17.8. The number of rotatable bonds is 3. The number of carbonyl (C=O) groups is 1. The number of nitrogens with zero attached hydrogens (tertiary/aromatic N) is 2. The summed E-state index contributed by atoms with van der Waals surface area (Å²) in [4.78, 5) is 17.3. The van der Waals surface area contributed by atoms with Gasteiger partial charge in [0.25, 0.3) is 0 Å². The molecule has 1 aromatic rings. The van der Waals surface area contributed by atoms with Crippen LogP contribution in [0.4, 0.5) is 0 Å². The molecule has 3 atom stereocenters. The zero-order chi connectivity index (χ0) is 18.8. The topological polar surface area (TPSA) is 51.2 Å². The Morgan fingerprint density at radius 3 is 2.70 bits per heavy atom. The van der Waals surface area contributed by atoms with Gasteiger partial charge in [-0.3, -0.25) is 9.69 Å². The highest BCUT2D eigenvalue weighted by Gasteiger charge is 2.64. The quantitative estimate of drug-likeness (QED) is 0.815. The number of amides is 1. The first-order valence-corrected chi connectivity index (χ1v) is 10.1. The highest BCUT2D eigenvalue weighted by atomic mass is 16.6. The highest BCUT2D eigenvalue weighted by Crippen LogP contribution is 2.49. The Morgan fingerprint density at radius 1 is 1.22 bits per heavy atom. The van der Waals surface area contributed by atoms with Crippen LogP contribution in [0.5, 0.6) is 11.5 Å². The van der Waals surface area contributed by atoms with Crippen LogP contribution in [0.15, 0.2) is 12.1 Å². The lowest BCUT2D eigenvalue weighted by Gasteiger charge is -2.34. The molecular weight excluding hydrogens is 344 g/mol. The molecule has 0 aliphatic carbocycles. The van der Waals surface area contributed by atoms with Crippen molar-refractivity contribution in [2.45, 2.75) is 58.0 Å². The van der Waals surface area contributed by atoms with Crippen molar-refractivity contribution in [3.63, 3.8) is 0 Å². The van der Waals surface area contributed by atoms with E-state index in [2.05, 4.69) is 42.7 Å². The number of aryl methyl sites for hydroxylation is 1. The van der Waals surface area contributed by atoms with E-state index in [1.807, 2.05) is 0 Å². The molecule has 1 spiro atoms. The molecule has 0 radical (unpaired) electrons. The first-order valence-electron chi connectivity index (χ1n) is 10.1. The molecule has 3 fully saturated rings. The first-order chi connectivity index (χ1) is 13.0. The van der Waals surface area contributed by atoms with E-state index in [4.69, 9.17) is 14.2 Å². The Hall–Kier alpha value is -1.79. The van der Waals surface area contributed by atoms with Crippen molar-refractivity contribution in [1.29, 1.82) is 0 Å². The minimum atomic E-state index is -0.409. The Labute approximate surface area is 160 Å². The van der Waals surface area contributed by atoms with Gasteiger partial charge in [0.15, 0.2) is 17.2 Å². The minimum absolute atomic E-state index is 0.140. The molecule has 27 heavy (non-hydrogen) atoms. The van der Waals surface area contributed by atoms with Crippen LogP contribution < -0.4 is 9.47 Å². The molecule has 0 aromatic heterocycles. The van der Waals surface area contributed by atoms with Crippen LogP contribution >= 0.6 is 0 Å². The normalized spacial score (nSPS) is 32.3. The molecule has 3 saturated heterocycles. The maximum atomic E-state index is 12.8. The summed E-state index contributed by atoms with van der Waals surface area (Å²) >= 11 is 0. The third kappa shape index (κ3) is 2.49. The van der Waals surface area contributed by atoms with Crippen molar-refractivity contribution < 1.29 is 19.0 Å². The number of fused-ring (bicyclic) bond motifs is 1. The maximum absolute atomic E-state index is 12.8. The SMILES string of the molecule is Cc1cc2c(cc1CN1CC[C@@]34OC[C@@H](C(C)C)N3C(=O)C[C@@H]14)OCCO2. The maximum Gasteiger partial charge on any atom is 0.226 e. The predicted octanol–water partition coefficient (Wildman–Crippen LogP) is 2.32. The molecule has 0 saturated carbocycles. The summed E-state index contributed by atoms with van der Waals surface area (Å²) in [6, 6.07) is 4.53. The summed E-state index contributed by atoms with van der Waals surface area (Å²) in [7, 11) is 0. The Morgan fingerprint density at radius 2 is 1.96 bits per heavy atom. The summed E-state index contributed by atoms with van der Waals surface area (Å²) in [5, 5.41) is 0. The fraction of sp³-hybridized carbons (Fsp3) is 0.667. The molecule has 1 amide bonds. The van der Waals surface area contributed by atoms with E-state index in [1.54, 1.807) is 0 Å². The fourth-order valence-corrected chi connectivity index (χ4v) is 5.27. The van der Waals surface area contributed by atoms with Crippen molar-refractivity contribution in [2.24, 2.45) is 5.92 Å². The molecule has 4 aliphatic heterocycles. The van der Waals surface area contributed by atoms with Crippen LogP contribution in [0, 0.1) is 12.8 Å². The van der Waals surface area contributed by atoms with E-state index in [0.29, 0.717) is 32.2 Å². The number of likely N-dealkylation sites (tertiary alicyclic amines) is 1. The third-order valence-corrected chi connectivity index (χ3v) is 6.74. The van der Waals surface area contributed by atoms with E-state index in [1.165, 1.54) is 11.1 Å². The lowest BCUT2D eigenvalue weighted by molar-refractivity contribution is -0.139. The van der Waals surface area contributed by atoms with Gasteiger partial charge < -0.3 is 19.1 Å². The molecule has 4 heterocycles. The van der Waals surface area contributed by atoms with Crippen LogP contribution in [-0.2, 0) is 16.1 Å². The van der Waals surface area contributed by atoms with E-state index in [-0.39, 0.29) is 18.0 Å². The smallest absolute Gasteiger partial charge is 0.226 e. The number of hydrogen-bond acceptors (Lipinski definition) is 5. The second-order valence-corrected chi connectivity index (χ2v) is 8.59. The van der Waals surface area contributed by atoms with Crippen molar-refractivity contribution in [3.8, 4) is 11.5 Å². The number of carbonyl (C=O) groups excluding carboxylic acids is 1. The van der Waals surface area contributed by atoms with Crippen LogP contribution in [0.3, 0.4) is 0 Å². The average Bonchev–Trinajstić information content (AvgIpc) is 3.26. The van der Waals surface area contributed by atoms with Crippen LogP contribution in [0.25, 0.3) is 0 Å². The number of hydrogen-bond donors (Lipinski definition) is 0. The lowest BCUT2D eigenvalue weighted by Crippen LogP contribution is -2.50. The van der Waals surface area contributed by atoms with Crippen molar-refractivity contribution in [2.75, 3.05) is 26.4 Å². The molecule has 0 unspecified atom stereocenters. The van der Waals surface area contributed by atoms with Crippen molar-refractivity contribution in [3.05, 3.63) is 23.3 Å². The Balaban J connectivity index is 1.40. The van der Waals surface area contributed by atoms with Crippen molar-refractivity contribution >= 4 is 5.91 Å². The van der Waals surface area contributed by atoms with Gasteiger partial charge in [-0.25, -0.2) is 0 Å². The van der Waals surface area contributed by atoms with Crippen LogP contribution in [-0.4, -0.2) is 59.9 Å². The largest absolute Gasteiger partial charge is 0.486 e. The molecule has 0 bridgehead atoms. The molecule has 5 rings (SSSR count). The summed E-state index contributed by atoms with van der Waals surface area (Å²) in [6.07, 6.45) is 1.46. The zero-order valence-corrected chi connectivity index (χ0v) is 16.4. The summed E-state index contributed by atoms with van der Waals surface area (Å²) in [6.45, 7) is 10.1. The van der Waals surface area contributed by atoms with Gasteiger partial charge in [0.05, 0.1) is 18.7 Å². The molecule has 146 valence electrons. The van der Waals surface area contributed by atoms with Crippen LogP contribution in [0.2, 0.25) is 0 Å². The van der Waals surface area contributed by atoms with Gasteiger partial charge in [-0.05, 0) is 36.1 Å². The predicted molar refractivity (Wildman–Crippen MR) is 99.8 cm³/mol. The first kappa shape index (κ1) is 17.3. The standard InChI is InChI=1S/C21H28N2O4/c1-13(2)16-12-27-21-4-5-22(19(21)10-20(24)23(16)21)11-15-9-18-17(8-14(15)3)25-6-7-26-18/h8-9,13,16,19H,4-7,10-12H2,1-3H3/t16-,19+,21-/m0/s1. The third-order valence-electron chi connectivity index (χ3n) is 6.74. The molecule has 4 aliphatic rings. The Kier molecular flexibility index (Phi) is 3.92. The number of benzene rings is 1. The van der Waals surface area contributed by atoms with Crippen LogP contribution in [0.1, 0.15) is 37.8 Å². The summed E-state index contributed by atoms with van der Waals surface area (Å²) in [5.74, 6) is 2.33. The molecule has 6 heteroatoms. The Bertz CT molecular complexity index is 780. The summed E-state index contributed by atoms with van der Waals surface area (Å²) in [5.41, 5.74) is 2.03. The van der Waals surface area contributed by atoms with Gasteiger partial charge in [-0.1, -0.05) is 13.8 Å². The van der Waals surface area contributed by atoms with E-state index in [0.717, 1.165) is 31.0 Å². The molecule has 1 aromatic carbocycles. The fourth-order valence-electron chi connectivity index (χ4n) is 5.27. The molecule has 6 nitrogen and oxygen atoms in total. The highest BCUT2D eigenvalue weighted by molar-refractivity contribution is 5.82. The molecular formula is C21H28N2O4. The van der Waals surface area contributed by atoms with Gasteiger partial charge in [0.2, 0.25) is 5.91 Å². The van der Waals surface area contributed by atoms with Gasteiger partial charge in [0.1, 0.15) is 13.2 Å². The zero-order valence-electron chi connectivity index (χ0n) is 16.4. The number of ether oxygens (including phenoxy) is 3. The van der Waals surface area contributed by atoms with Gasteiger partial charge >= 0.3 is 0 Å². The second-order valence-electron chi connectivity index (χ2n) is 8.59. The minimum Gasteiger partial charge on any atom is -0.486 e. The van der Waals surface area contributed by atoms with E-state index >= 15 is 0 Å². The molecule has 0 N–H and O–H groups in total. The van der Waals surface area contributed by atoms with Crippen molar-refractivity contribution in [1.82, 2.24) is 9.80 Å². The van der Waals surface area contributed by atoms with Gasteiger partial charge in [0, 0.05) is 25.9 Å².